The Morgan fingerprint density at radius 3 is 2.53 bits per heavy atom. The summed E-state index contributed by atoms with van der Waals surface area (Å²) in [5, 5.41) is 0. The molecule has 1 aromatic carbocycles. The lowest BCUT2D eigenvalue weighted by atomic mass is 10.1. The maximum absolute atomic E-state index is 13.1. The first kappa shape index (κ1) is 10.9. The van der Waals surface area contributed by atoms with Gasteiger partial charge < -0.3 is 9.80 Å². The van der Waals surface area contributed by atoms with E-state index in [0.717, 1.165) is 23.2 Å². The molecule has 1 heterocycles. The molecule has 0 aromatic heterocycles. The van der Waals surface area contributed by atoms with Crippen LogP contribution in [0.3, 0.4) is 0 Å². The van der Waals surface area contributed by atoms with Gasteiger partial charge in [0.1, 0.15) is 5.82 Å². The fraction of sp³-hybridized carbons (Fsp3) is 0.455. The molecule has 0 atom stereocenters. The van der Waals surface area contributed by atoms with Crippen molar-refractivity contribution in [2.24, 2.45) is 0 Å². The largest absolute Gasteiger partial charge is 0.368 e. The van der Waals surface area contributed by atoms with Gasteiger partial charge in [0.25, 0.3) is 0 Å². The standard InChI is InChI=1S/C11H14BrFN2/c1-14(2)11-6-15(7-11)10-4-8(12)3-9(13)5-10/h3-5,11H,6-7H2,1-2H3. The molecule has 1 saturated heterocycles. The number of likely N-dealkylation sites (N-methyl/N-ethyl adjacent to an activating group) is 1. The average molecular weight is 273 g/mol. The van der Waals surface area contributed by atoms with Gasteiger partial charge in [-0.3, -0.25) is 0 Å². The molecule has 0 unspecified atom stereocenters. The lowest BCUT2D eigenvalue weighted by Crippen LogP contribution is -2.57. The number of benzene rings is 1. The topological polar surface area (TPSA) is 6.48 Å². The van der Waals surface area contributed by atoms with Crippen molar-refractivity contribution in [3.05, 3.63) is 28.5 Å². The quantitative estimate of drug-likeness (QED) is 0.816. The van der Waals surface area contributed by atoms with E-state index >= 15 is 0 Å². The minimum absolute atomic E-state index is 0.187. The molecule has 1 aromatic rings. The highest BCUT2D eigenvalue weighted by Gasteiger charge is 2.28. The maximum Gasteiger partial charge on any atom is 0.126 e. The van der Waals surface area contributed by atoms with Crippen LogP contribution in [0.15, 0.2) is 22.7 Å². The second-order valence-electron chi connectivity index (χ2n) is 4.15. The molecular formula is C11H14BrFN2. The van der Waals surface area contributed by atoms with Gasteiger partial charge in [-0.1, -0.05) is 15.9 Å². The summed E-state index contributed by atoms with van der Waals surface area (Å²) in [6.07, 6.45) is 0. The maximum atomic E-state index is 13.1. The van der Waals surface area contributed by atoms with Crippen molar-refractivity contribution in [3.8, 4) is 0 Å². The molecule has 0 spiro atoms. The molecular weight excluding hydrogens is 259 g/mol. The van der Waals surface area contributed by atoms with Crippen molar-refractivity contribution in [1.82, 2.24) is 4.90 Å². The number of rotatable bonds is 2. The van der Waals surface area contributed by atoms with Gasteiger partial charge in [0.05, 0.1) is 0 Å². The number of anilines is 1. The fourth-order valence-electron chi connectivity index (χ4n) is 1.71. The lowest BCUT2D eigenvalue weighted by Gasteiger charge is -2.44. The van der Waals surface area contributed by atoms with Crippen molar-refractivity contribution in [2.75, 3.05) is 32.1 Å². The van der Waals surface area contributed by atoms with Crippen molar-refractivity contribution >= 4 is 21.6 Å². The van der Waals surface area contributed by atoms with Gasteiger partial charge in [-0.2, -0.15) is 0 Å². The van der Waals surface area contributed by atoms with Crippen LogP contribution in [0.5, 0.6) is 0 Å². The highest BCUT2D eigenvalue weighted by Crippen LogP contribution is 2.26. The zero-order chi connectivity index (χ0) is 11.0. The van der Waals surface area contributed by atoms with Crippen LogP contribution in [0.25, 0.3) is 0 Å². The average Bonchev–Trinajstić information content (AvgIpc) is 1.97. The van der Waals surface area contributed by atoms with E-state index in [4.69, 9.17) is 0 Å². The Morgan fingerprint density at radius 2 is 2.00 bits per heavy atom. The first-order chi connectivity index (χ1) is 7.06. The van der Waals surface area contributed by atoms with E-state index in [-0.39, 0.29) is 5.82 Å². The number of nitrogens with zero attached hydrogens (tertiary/aromatic N) is 2. The second-order valence-corrected chi connectivity index (χ2v) is 5.07. The summed E-state index contributed by atoms with van der Waals surface area (Å²) in [5.41, 5.74) is 0.958. The van der Waals surface area contributed by atoms with E-state index in [0.29, 0.717) is 6.04 Å². The molecule has 1 aliphatic heterocycles. The molecule has 2 rings (SSSR count). The minimum Gasteiger partial charge on any atom is -0.368 e. The highest BCUT2D eigenvalue weighted by atomic mass is 79.9. The summed E-state index contributed by atoms with van der Waals surface area (Å²) in [5.74, 6) is -0.187. The van der Waals surface area contributed by atoms with E-state index < -0.39 is 0 Å². The highest BCUT2D eigenvalue weighted by molar-refractivity contribution is 9.10. The predicted molar refractivity (Wildman–Crippen MR) is 63.8 cm³/mol. The third-order valence-corrected chi connectivity index (χ3v) is 3.26. The summed E-state index contributed by atoms with van der Waals surface area (Å²) in [6, 6.07) is 5.60. The Morgan fingerprint density at radius 1 is 1.33 bits per heavy atom. The van der Waals surface area contributed by atoms with Gasteiger partial charge >= 0.3 is 0 Å². The van der Waals surface area contributed by atoms with E-state index in [1.165, 1.54) is 6.07 Å². The Bertz CT molecular complexity index is 341. The summed E-state index contributed by atoms with van der Waals surface area (Å²) in [6.45, 7) is 1.95. The molecule has 0 amide bonds. The number of halogens is 2. The molecule has 82 valence electrons. The monoisotopic (exact) mass is 272 g/mol. The SMILES string of the molecule is CN(C)C1CN(c2cc(F)cc(Br)c2)C1. The van der Waals surface area contributed by atoms with Crippen LogP contribution in [0.4, 0.5) is 10.1 Å². The van der Waals surface area contributed by atoms with Crippen LogP contribution in [0, 0.1) is 5.82 Å². The van der Waals surface area contributed by atoms with E-state index in [1.54, 1.807) is 6.07 Å². The van der Waals surface area contributed by atoms with Gasteiger partial charge in [-0.15, -0.1) is 0 Å². The van der Waals surface area contributed by atoms with Crippen LogP contribution in [0.2, 0.25) is 0 Å². The lowest BCUT2D eigenvalue weighted by molar-refractivity contribution is 0.247. The van der Waals surface area contributed by atoms with Gasteiger partial charge in [0.15, 0.2) is 0 Å². The van der Waals surface area contributed by atoms with Crippen molar-refractivity contribution in [2.45, 2.75) is 6.04 Å². The Hall–Kier alpha value is -0.610. The van der Waals surface area contributed by atoms with Crippen LogP contribution in [-0.4, -0.2) is 38.1 Å². The number of hydrogen-bond acceptors (Lipinski definition) is 2. The van der Waals surface area contributed by atoms with Crippen molar-refractivity contribution in [1.29, 1.82) is 0 Å². The van der Waals surface area contributed by atoms with Gasteiger partial charge in [-0.25, -0.2) is 4.39 Å². The summed E-state index contributed by atoms with van der Waals surface area (Å²) >= 11 is 3.30. The van der Waals surface area contributed by atoms with E-state index in [1.807, 2.05) is 6.07 Å². The first-order valence-corrected chi connectivity index (χ1v) is 5.73. The summed E-state index contributed by atoms with van der Waals surface area (Å²) < 4.78 is 13.9. The summed E-state index contributed by atoms with van der Waals surface area (Å²) in [7, 11) is 4.15. The zero-order valence-electron chi connectivity index (χ0n) is 8.87. The molecule has 1 aliphatic rings. The molecule has 2 nitrogen and oxygen atoms in total. The smallest absolute Gasteiger partial charge is 0.126 e. The van der Waals surface area contributed by atoms with Crippen LogP contribution in [-0.2, 0) is 0 Å². The van der Waals surface area contributed by atoms with Crippen LogP contribution in [0.1, 0.15) is 0 Å². The second kappa shape index (κ2) is 4.10. The molecule has 1 fully saturated rings. The molecule has 0 aliphatic carbocycles. The summed E-state index contributed by atoms with van der Waals surface area (Å²) in [4.78, 5) is 4.38. The Kier molecular flexibility index (Phi) is 2.98. The Labute approximate surface area is 97.8 Å². The van der Waals surface area contributed by atoms with E-state index in [2.05, 4.69) is 39.8 Å². The van der Waals surface area contributed by atoms with Crippen LogP contribution < -0.4 is 4.90 Å². The molecule has 0 N–H and O–H groups in total. The van der Waals surface area contributed by atoms with Gasteiger partial charge in [0, 0.05) is 29.3 Å². The number of hydrogen-bond donors (Lipinski definition) is 0. The van der Waals surface area contributed by atoms with Crippen molar-refractivity contribution in [3.63, 3.8) is 0 Å². The van der Waals surface area contributed by atoms with Gasteiger partial charge in [-0.05, 0) is 32.3 Å². The zero-order valence-corrected chi connectivity index (χ0v) is 10.5. The van der Waals surface area contributed by atoms with Gasteiger partial charge in [0.2, 0.25) is 0 Å². The van der Waals surface area contributed by atoms with E-state index in [9.17, 15) is 4.39 Å². The van der Waals surface area contributed by atoms with Crippen LogP contribution >= 0.6 is 15.9 Å². The molecule has 0 bridgehead atoms. The Balaban J connectivity index is 2.06. The molecule has 0 radical (unpaired) electrons. The normalized spacial score (nSPS) is 17.0. The molecule has 15 heavy (non-hydrogen) atoms. The fourth-order valence-corrected chi connectivity index (χ4v) is 2.17. The van der Waals surface area contributed by atoms with Crippen molar-refractivity contribution < 1.29 is 4.39 Å². The third-order valence-electron chi connectivity index (χ3n) is 2.81. The molecule has 4 heteroatoms. The first-order valence-electron chi connectivity index (χ1n) is 4.94. The predicted octanol–water partition coefficient (Wildman–Crippen LogP) is 2.34. The molecule has 0 saturated carbocycles. The third kappa shape index (κ3) is 2.32. The minimum atomic E-state index is -0.187.